The van der Waals surface area contributed by atoms with Crippen molar-refractivity contribution in [1.29, 1.82) is 0 Å². The lowest BCUT2D eigenvalue weighted by Crippen LogP contribution is -2.32. The molecule has 1 spiro atoms. The first-order valence-electron chi connectivity index (χ1n) is 7.40. The van der Waals surface area contributed by atoms with Gasteiger partial charge in [-0.3, -0.25) is 0 Å². The topological polar surface area (TPSA) is 9.23 Å². The number of rotatable bonds is 0. The molecule has 2 heteroatoms. The van der Waals surface area contributed by atoms with E-state index >= 15 is 0 Å². The van der Waals surface area contributed by atoms with E-state index in [0.717, 1.165) is 18.6 Å². The summed E-state index contributed by atoms with van der Waals surface area (Å²) in [4.78, 5) is 0. The summed E-state index contributed by atoms with van der Waals surface area (Å²) in [7, 11) is 0. The van der Waals surface area contributed by atoms with Crippen LogP contribution in [0.15, 0.2) is 39.5 Å². The van der Waals surface area contributed by atoms with Crippen molar-refractivity contribution in [2.45, 2.75) is 44.1 Å². The Morgan fingerprint density at radius 3 is 2.60 bits per heavy atom. The van der Waals surface area contributed by atoms with Crippen LogP contribution in [0.2, 0.25) is 0 Å². The minimum absolute atomic E-state index is 0.0279. The van der Waals surface area contributed by atoms with Crippen LogP contribution in [-0.4, -0.2) is 12.2 Å². The summed E-state index contributed by atoms with van der Waals surface area (Å²) in [5.74, 6) is 6.62. The van der Waals surface area contributed by atoms with Gasteiger partial charge >= 0.3 is 0 Å². The van der Waals surface area contributed by atoms with E-state index in [1.807, 2.05) is 18.2 Å². The molecule has 0 amide bonds. The fourth-order valence-electron chi connectivity index (χ4n) is 3.27. The van der Waals surface area contributed by atoms with Crippen LogP contribution in [0.5, 0.6) is 0 Å². The van der Waals surface area contributed by atoms with Gasteiger partial charge in [0.1, 0.15) is 0 Å². The summed E-state index contributed by atoms with van der Waals surface area (Å²) in [6.45, 7) is 0.870. The minimum Gasteiger partial charge on any atom is -0.370 e. The molecule has 0 N–H and O–H groups in total. The molecule has 1 aromatic rings. The summed E-state index contributed by atoms with van der Waals surface area (Å²) in [6, 6.07) is 10.2. The van der Waals surface area contributed by atoms with E-state index in [1.54, 1.807) is 0 Å². The van der Waals surface area contributed by atoms with Gasteiger partial charge in [0.25, 0.3) is 0 Å². The van der Waals surface area contributed by atoms with Gasteiger partial charge in [-0.15, -0.1) is 0 Å². The van der Waals surface area contributed by atoms with Crippen LogP contribution >= 0.6 is 22.6 Å². The van der Waals surface area contributed by atoms with Crippen LogP contribution in [-0.2, 0) is 4.74 Å². The van der Waals surface area contributed by atoms with Crippen LogP contribution in [0.25, 0.3) is 0 Å². The highest BCUT2D eigenvalue weighted by molar-refractivity contribution is 14.1. The molecule has 2 aliphatic rings. The number of allylic oxidation sites excluding steroid dienone is 1. The number of hydrogen-bond donors (Lipinski definition) is 0. The van der Waals surface area contributed by atoms with E-state index in [9.17, 15) is 0 Å². The predicted octanol–water partition coefficient (Wildman–Crippen LogP) is 4.85. The van der Waals surface area contributed by atoms with Crippen LogP contribution < -0.4 is 0 Å². The fourth-order valence-corrected chi connectivity index (χ4v) is 4.16. The van der Waals surface area contributed by atoms with Crippen molar-refractivity contribution in [3.63, 3.8) is 0 Å². The maximum Gasteiger partial charge on any atom is 0.0911 e. The Labute approximate surface area is 134 Å². The molecule has 104 valence electrons. The van der Waals surface area contributed by atoms with E-state index in [2.05, 4.69) is 46.6 Å². The maximum absolute atomic E-state index is 6.14. The first kappa shape index (κ1) is 14.2. The van der Waals surface area contributed by atoms with Crippen molar-refractivity contribution in [1.82, 2.24) is 0 Å². The lowest BCUT2D eigenvalue weighted by atomic mass is 9.79. The highest BCUT2D eigenvalue weighted by Crippen LogP contribution is 2.45. The second-order valence-corrected chi connectivity index (χ2v) is 6.64. The molecular weight excluding hydrogens is 359 g/mol. The molecule has 0 atom stereocenters. The first-order valence-corrected chi connectivity index (χ1v) is 8.48. The Hall–Kier alpha value is -0.790. The number of benzene rings is 1. The zero-order valence-corrected chi connectivity index (χ0v) is 13.8. The van der Waals surface area contributed by atoms with Crippen LogP contribution in [0.1, 0.15) is 44.1 Å². The Bertz CT molecular complexity index is 556. The van der Waals surface area contributed by atoms with E-state index < -0.39 is 0 Å². The average molecular weight is 378 g/mol. The summed E-state index contributed by atoms with van der Waals surface area (Å²) in [5.41, 5.74) is 2.57. The monoisotopic (exact) mass is 378 g/mol. The van der Waals surface area contributed by atoms with Crippen molar-refractivity contribution in [3.05, 3.63) is 45.0 Å². The largest absolute Gasteiger partial charge is 0.370 e. The highest BCUT2D eigenvalue weighted by Gasteiger charge is 2.41. The molecule has 1 aromatic carbocycles. The molecule has 0 radical (unpaired) electrons. The molecule has 2 fully saturated rings. The molecule has 0 aromatic heterocycles. The third-order valence-electron chi connectivity index (χ3n) is 4.30. The van der Waals surface area contributed by atoms with Gasteiger partial charge in [-0.25, -0.2) is 0 Å². The Balaban J connectivity index is 1.87. The second-order valence-electron chi connectivity index (χ2n) is 5.56. The summed E-state index contributed by atoms with van der Waals surface area (Å²) >= 11 is 2.41. The van der Waals surface area contributed by atoms with Crippen molar-refractivity contribution in [3.8, 4) is 11.8 Å². The molecule has 0 unspecified atom stereocenters. The third kappa shape index (κ3) is 2.94. The molecule has 1 aliphatic carbocycles. The molecule has 0 bridgehead atoms. The highest BCUT2D eigenvalue weighted by atomic mass is 127. The Morgan fingerprint density at radius 1 is 1.10 bits per heavy atom. The normalized spacial score (nSPS) is 23.2. The third-order valence-corrected chi connectivity index (χ3v) is 5.22. The molecule has 1 saturated carbocycles. The van der Waals surface area contributed by atoms with Gasteiger partial charge < -0.3 is 4.74 Å². The predicted molar refractivity (Wildman–Crippen MR) is 90.8 cm³/mol. The zero-order chi connectivity index (χ0) is 13.8. The maximum atomic E-state index is 6.14. The minimum atomic E-state index is 0.0279. The Morgan fingerprint density at radius 2 is 1.85 bits per heavy atom. The molecule has 1 aliphatic heterocycles. The van der Waals surface area contributed by atoms with E-state index in [-0.39, 0.29) is 5.60 Å². The number of ether oxygens (including phenoxy) is 1. The number of hydrogen-bond acceptors (Lipinski definition) is 1. The fraction of sp³-hybridized carbons (Fsp3) is 0.444. The average Bonchev–Trinajstić information content (AvgIpc) is 2.90. The van der Waals surface area contributed by atoms with Crippen molar-refractivity contribution in [2.24, 2.45) is 0 Å². The van der Waals surface area contributed by atoms with Crippen molar-refractivity contribution in [2.75, 3.05) is 6.61 Å². The van der Waals surface area contributed by atoms with Gasteiger partial charge in [-0.2, -0.15) is 0 Å². The second kappa shape index (κ2) is 6.32. The summed E-state index contributed by atoms with van der Waals surface area (Å²) in [5, 5.41) is 0. The molecule has 3 rings (SSSR count). The van der Waals surface area contributed by atoms with Crippen LogP contribution in [0.4, 0.5) is 0 Å². The lowest BCUT2D eigenvalue weighted by Gasteiger charge is -2.34. The van der Waals surface area contributed by atoms with Gasteiger partial charge in [-0.05, 0) is 59.6 Å². The summed E-state index contributed by atoms with van der Waals surface area (Å²) in [6.07, 6.45) is 7.36. The van der Waals surface area contributed by atoms with Gasteiger partial charge in [0.2, 0.25) is 0 Å². The smallest absolute Gasteiger partial charge is 0.0911 e. The summed E-state index contributed by atoms with van der Waals surface area (Å²) < 4.78 is 7.34. The van der Waals surface area contributed by atoms with Crippen molar-refractivity contribution >= 4 is 22.6 Å². The van der Waals surface area contributed by atoms with E-state index in [0.29, 0.717) is 0 Å². The van der Waals surface area contributed by atoms with Gasteiger partial charge in [0.05, 0.1) is 15.8 Å². The van der Waals surface area contributed by atoms with E-state index in [4.69, 9.17) is 4.74 Å². The molecule has 1 heterocycles. The number of halogens is 1. The van der Waals surface area contributed by atoms with Crippen LogP contribution in [0, 0.1) is 11.8 Å². The van der Waals surface area contributed by atoms with E-state index in [1.165, 1.54) is 41.3 Å². The van der Waals surface area contributed by atoms with Crippen LogP contribution in [0.3, 0.4) is 0 Å². The molecular formula is C18H19IO. The quantitative estimate of drug-likeness (QED) is 0.463. The SMILES string of the molecule is I/C(C#Cc1ccccc1)=C1/CCOC12CCCCC2. The zero-order valence-electron chi connectivity index (χ0n) is 11.6. The molecule has 1 saturated heterocycles. The van der Waals surface area contributed by atoms with Crippen molar-refractivity contribution < 1.29 is 4.74 Å². The lowest BCUT2D eigenvalue weighted by molar-refractivity contribution is -0.00397. The Kier molecular flexibility index (Phi) is 4.48. The molecule has 1 nitrogen and oxygen atoms in total. The first-order chi connectivity index (χ1) is 9.80. The van der Waals surface area contributed by atoms with Gasteiger partial charge in [0.15, 0.2) is 0 Å². The standard InChI is InChI=1S/C18H19IO/c19-17(10-9-15-7-3-1-4-8-15)16-11-14-20-18(16)12-5-2-6-13-18/h1,3-4,7-8H,2,5-6,11-14H2/b17-16-. The van der Waals surface area contributed by atoms with Gasteiger partial charge in [0, 0.05) is 5.56 Å². The van der Waals surface area contributed by atoms with Gasteiger partial charge in [-0.1, -0.05) is 49.3 Å². The molecule has 20 heavy (non-hydrogen) atoms.